The van der Waals surface area contributed by atoms with E-state index in [0.717, 1.165) is 22.6 Å². The van der Waals surface area contributed by atoms with Crippen LogP contribution in [0.4, 0.5) is 5.82 Å². The number of aryl methyl sites for hydroxylation is 2. The van der Waals surface area contributed by atoms with E-state index in [1.807, 2.05) is 31.9 Å². The molecule has 0 aliphatic carbocycles. The van der Waals surface area contributed by atoms with Crippen LogP contribution >= 0.6 is 0 Å². The molecule has 1 heterocycles. The molecule has 0 unspecified atom stereocenters. The molecule has 84 valence electrons. The van der Waals surface area contributed by atoms with Gasteiger partial charge in [0.2, 0.25) is 0 Å². The molecular weight excluding hydrogens is 190 g/mol. The van der Waals surface area contributed by atoms with E-state index in [-0.39, 0.29) is 6.61 Å². The van der Waals surface area contributed by atoms with E-state index in [1.54, 1.807) is 0 Å². The van der Waals surface area contributed by atoms with Crippen LogP contribution in [0.1, 0.15) is 16.8 Å². The molecule has 1 aromatic heterocycles. The monoisotopic (exact) mass is 209 g/mol. The number of likely N-dealkylation sites (N-methyl/N-ethyl adjacent to an activating group) is 1. The molecule has 0 amide bonds. The normalized spacial score (nSPS) is 10.5. The second kappa shape index (κ2) is 5.09. The Morgan fingerprint density at radius 3 is 2.67 bits per heavy atom. The van der Waals surface area contributed by atoms with Crippen molar-refractivity contribution in [3.8, 4) is 0 Å². The summed E-state index contributed by atoms with van der Waals surface area (Å²) in [6, 6.07) is 2.03. The molecule has 0 bridgehead atoms. The average Bonchev–Trinajstić information content (AvgIpc) is 2.17. The van der Waals surface area contributed by atoms with Crippen molar-refractivity contribution in [1.82, 2.24) is 4.98 Å². The summed E-state index contributed by atoms with van der Waals surface area (Å²) < 4.78 is 0. The third kappa shape index (κ3) is 2.67. The van der Waals surface area contributed by atoms with Gasteiger partial charge in [0.1, 0.15) is 5.82 Å². The standard InChI is InChI=1S/C11H19N3O/c1-8-6-9(2)13-11(10(8)7-12)14(3)4-5-15/h6,15H,4-5,7,12H2,1-3H3. The quantitative estimate of drug-likeness (QED) is 0.761. The lowest BCUT2D eigenvalue weighted by molar-refractivity contribution is 0.303. The van der Waals surface area contributed by atoms with Crippen molar-refractivity contribution in [2.24, 2.45) is 5.73 Å². The topological polar surface area (TPSA) is 62.4 Å². The Hall–Kier alpha value is -1.13. The highest BCUT2D eigenvalue weighted by atomic mass is 16.3. The highest BCUT2D eigenvalue weighted by Gasteiger charge is 2.10. The van der Waals surface area contributed by atoms with Crippen LogP contribution < -0.4 is 10.6 Å². The molecule has 0 atom stereocenters. The van der Waals surface area contributed by atoms with Crippen LogP contribution in [0.25, 0.3) is 0 Å². The van der Waals surface area contributed by atoms with Crippen molar-refractivity contribution >= 4 is 5.82 Å². The molecule has 0 aliphatic rings. The first-order chi connectivity index (χ1) is 7.10. The van der Waals surface area contributed by atoms with Crippen molar-refractivity contribution in [2.75, 3.05) is 25.1 Å². The van der Waals surface area contributed by atoms with Gasteiger partial charge in [0.15, 0.2) is 0 Å². The molecule has 0 aromatic carbocycles. The SMILES string of the molecule is Cc1cc(C)c(CN)c(N(C)CCO)n1. The molecule has 3 N–H and O–H groups in total. The van der Waals surface area contributed by atoms with Crippen LogP contribution in [0.2, 0.25) is 0 Å². The third-order valence-electron chi connectivity index (χ3n) is 2.45. The lowest BCUT2D eigenvalue weighted by Gasteiger charge is -2.21. The molecule has 15 heavy (non-hydrogen) atoms. The van der Waals surface area contributed by atoms with E-state index in [2.05, 4.69) is 4.98 Å². The minimum absolute atomic E-state index is 0.120. The third-order valence-corrected chi connectivity index (χ3v) is 2.45. The van der Waals surface area contributed by atoms with Crippen LogP contribution in [-0.4, -0.2) is 30.3 Å². The molecular formula is C11H19N3O. The summed E-state index contributed by atoms with van der Waals surface area (Å²) in [6.45, 7) is 5.17. The van der Waals surface area contributed by atoms with Gasteiger partial charge >= 0.3 is 0 Å². The Labute approximate surface area is 90.7 Å². The lowest BCUT2D eigenvalue weighted by Crippen LogP contribution is -2.25. The van der Waals surface area contributed by atoms with Crippen molar-refractivity contribution in [3.63, 3.8) is 0 Å². The number of aliphatic hydroxyl groups excluding tert-OH is 1. The fourth-order valence-electron chi connectivity index (χ4n) is 1.67. The Morgan fingerprint density at radius 1 is 1.47 bits per heavy atom. The number of rotatable bonds is 4. The average molecular weight is 209 g/mol. The maximum Gasteiger partial charge on any atom is 0.133 e. The number of hydrogen-bond acceptors (Lipinski definition) is 4. The second-order valence-corrected chi connectivity index (χ2v) is 3.73. The molecule has 1 rings (SSSR count). The second-order valence-electron chi connectivity index (χ2n) is 3.73. The van der Waals surface area contributed by atoms with E-state index < -0.39 is 0 Å². The predicted octanol–water partition coefficient (Wildman–Crippen LogP) is 0.586. The summed E-state index contributed by atoms with van der Waals surface area (Å²) in [7, 11) is 1.91. The zero-order valence-electron chi connectivity index (χ0n) is 9.62. The van der Waals surface area contributed by atoms with E-state index in [1.165, 1.54) is 0 Å². The van der Waals surface area contributed by atoms with E-state index >= 15 is 0 Å². The fourth-order valence-corrected chi connectivity index (χ4v) is 1.67. The summed E-state index contributed by atoms with van der Waals surface area (Å²) in [5.41, 5.74) is 8.89. The van der Waals surface area contributed by atoms with Gasteiger partial charge in [-0.2, -0.15) is 0 Å². The summed E-state index contributed by atoms with van der Waals surface area (Å²) in [4.78, 5) is 6.39. The van der Waals surface area contributed by atoms with Crippen LogP contribution in [0.15, 0.2) is 6.07 Å². The molecule has 0 radical (unpaired) electrons. The number of pyridine rings is 1. The molecule has 0 saturated carbocycles. The maximum absolute atomic E-state index is 8.90. The van der Waals surface area contributed by atoms with Gasteiger partial charge < -0.3 is 15.7 Å². The first kappa shape index (κ1) is 11.9. The molecule has 0 spiro atoms. The van der Waals surface area contributed by atoms with Gasteiger partial charge in [-0.15, -0.1) is 0 Å². The number of aliphatic hydroxyl groups is 1. The summed E-state index contributed by atoms with van der Waals surface area (Å²) in [6.07, 6.45) is 0. The molecule has 0 fully saturated rings. The fraction of sp³-hybridized carbons (Fsp3) is 0.545. The number of hydrogen-bond donors (Lipinski definition) is 2. The largest absolute Gasteiger partial charge is 0.395 e. The highest BCUT2D eigenvalue weighted by molar-refractivity contribution is 5.51. The zero-order chi connectivity index (χ0) is 11.4. The van der Waals surface area contributed by atoms with Gasteiger partial charge in [-0.3, -0.25) is 0 Å². The van der Waals surface area contributed by atoms with Crippen LogP contribution in [-0.2, 0) is 6.54 Å². The summed E-state index contributed by atoms with van der Waals surface area (Å²) >= 11 is 0. The first-order valence-corrected chi connectivity index (χ1v) is 5.09. The van der Waals surface area contributed by atoms with Gasteiger partial charge in [-0.05, 0) is 25.5 Å². The lowest BCUT2D eigenvalue weighted by atomic mass is 10.1. The molecule has 0 saturated heterocycles. The van der Waals surface area contributed by atoms with Crippen molar-refractivity contribution < 1.29 is 5.11 Å². The summed E-state index contributed by atoms with van der Waals surface area (Å²) in [5.74, 6) is 0.879. The van der Waals surface area contributed by atoms with Crippen LogP contribution in [0, 0.1) is 13.8 Å². The van der Waals surface area contributed by atoms with Gasteiger partial charge in [0.25, 0.3) is 0 Å². The van der Waals surface area contributed by atoms with E-state index in [0.29, 0.717) is 13.1 Å². The van der Waals surface area contributed by atoms with Crippen LogP contribution in [0.5, 0.6) is 0 Å². The predicted molar refractivity (Wildman–Crippen MR) is 62.0 cm³/mol. The zero-order valence-corrected chi connectivity index (χ0v) is 9.62. The number of nitrogens with two attached hydrogens (primary N) is 1. The van der Waals surface area contributed by atoms with Crippen LogP contribution in [0.3, 0.4) is 0 Å². The maximum atomic E-state index is 8.90. The van der Waals surface area contributed by atoms with Gasteiger partial charge in [0, 0.05) is 31.4 Å². The number of anilines is 1. The van der Waals surface area contributed by atoms with Crippen molar-refractivity contribution in [1.29, 1.82) is 0 Å². The van der Waals surface area contributed by atoms with Crippen molar-refractivity contribution in [2.45, 2.75) is 20.4 Å². The Bertz CT molecular complexity index is 339. The van der Waals surface area contributed by atoms with E-state index in [4.69, 9.17) is 10.8 Å². The molecule has 4 nitrogen and oxygen atoms in total. The Morgan fingerprint density at radius 2 is 2.13 bits per heavy atom. The smallest absolute Gasteiger partial charge is 0.133 e. The number of nitrogens with zero attached hydrogens (tertiary/aromatic N) is 2. The minimum Gasteiger partial charge on any atom is -0.395 e. The van der Waals surface area contributed by atoms with Crippen molar-refractivity contribution in [3.05, 3.63) is 22.9 Å². The van der Waals surface area contributed by atoms with Gasteiger partial charge in [-0.25, -0.2) is 4.98 Å². The molecule has 4 heteroatoms. The summed E-state index contributed by atoms with van der Waals surface area (Å²) in [5, 5.41) is 8.90. The number of aromatic nitrogens is 1. The highest BCUT2D eigenvalue weighted by Crippen LogP contribution is 2.20. The Balaban J connectivity index is 3.13. The molecule has 1 aromatic rings. The minimum atomic E-state index is 0.120. The van der Waals surface area contributed by atoms with Gasteiger partial charge in [-0.1, -0.05) is 0 Å². The van der Waals surface area contributed by atoms with E-state index in [9.17, 15) is 0 Å². The first-order valence-electron chi connectivity index (χ1n) is 5.09. The Kier molecular flexibility index (Phi) is 4.05. The molecule has 0 aliphatic heterocycles. The van der Waals surface area contributed by atoms with Gasteiger partial charge in [0.05, 0.1) is 6.61 Å².